The maximum atomic E-state index is 13.1. The molecule has 0 saturated heterocycles. The lowest BCUT2D eigenvalue weighted by Gasteiger charge is -2.05. The van der Waals surface area contributed by atoms with E-state index in [-0.39, 0.29) is 12.1 Å². The van der Waals surface area contributed by atoms with E-state index in [0.29, 0.717) is 5.92 Å². The molecule has 1 rings (SSSR count). The van der Waals surface area contributed by atoms with Crippen LogP contribution >= 0.6 is 0 Å². The van der Waals surface area contributed by atoms with E-state index in [1.54, 1.807) is 10.8 Å². The average molecular weight is 170 g/mol. The Hall–Kier alpha value is -0.860. The summed E-state index contributed by atoms with van der Waals surface area (Å²) in [5, 5.41) is 0. The SMILES string of the molecule is CC(C)c1cn(C(C)C)c(F)n1. The molecule has 0 aromatic carbocycles. The van der Waals surface area contributed by atoms with Crippen molar-refractivity contribution < 1.29 is 4.39 Å². The average Bonchev–Trinajstić information content (AvgIpc) is 2.30. The lowest BCUT2D eigenvalue weighted by Crippen LogP contribution is -2.01. The van der Waals surface area contributed by atoms with Gasteiger partial charge in [-0.25, -0.2) is 4.98 Å². The molecule has 12 heavy (non-hydrogen) atoms. The number of rotatable bonds is 2. The number of nitrogens with zero attached hydrogens (tertiary/aromatic N) is 2. The van der Waals surface area contributed by atoms with E-state index in [1.807, 2.05) is 27.7 Å². The molecule has 0 saturated carbocycles. The lowest BCUT2D eigenvalue weighted by molar-refractivity contribution is 0.434. The van der Waals surface area contributed by atoms with Crippen molar-refractivity contribution in [2.24, 2.45) is 0 Å². The molecule has 0 aliphatic heterocycles. The van der Waals surface area contributed by atoms with Gasteiger partial charge < -0.3 is 4.57 Å². The Kier molecular flexibility index (Phi) is 2.50. The van der Waals surface area contributed by atoms with Crippen LogP contribution in [0.25, 0.3) is 0 Å². The Labute approximate surface area is 72.4 Å². The summed E-state index contributed by atoms with van der Waals surface area (Å²) in [4.78, 5) is 3.83. The molecule has 0 unspecified atom stereocenters. The predicted molar refractivity (Wildman–Crippen MR) is 46.7 cm³/mol. The third-order valence-electron chi connectivity index (χ3n) is 1.85. The molecule has 2 nitrogen and oxygen atoms in total. The van der Waals surface area contributed by atoms with Crippen LogP contribution in [0.15, 0.2) is 6.20 Å². The first kappa shape index (κ1) is 9.23. The van der Waals surface area contributed by atoms with E-state index in [0.717, 1.165) is 5.69 Å². The van der Waals surface area contributed by atoms with Crippen LogP contribution < -0.4 is 0 Å². The molecule has 0 amide bonds. The normalized spacial score (nSPS) is 11.6. The van der Waals surface area contributed by atoms with Crippen molar-refractivity contribution in [3.8, 4) is 0 Å². The molecule has 0 aliphatic rings. The molecule has 0 radical (unpaired) electrons. The third-order valence-corrected chi connectivity index (χ3v) is 1.85. The van der Waals surface area contributed by atoms with E-state index in [9.17, 15) is 4.39 Å². The monoisotopic (exact) mass is 170 g/mol. The zero-order valence-electron chi connectivity index (χ0n) is 8.00. The zero-order chi connectivity index (χ0) is 9.30. The molecular formula is C9H15FN2. The van der Waals surface area contributed by atoms with Crippen molar-refractivity contribution in [1.82, 2.24) is 9.55 Å². The predicted octanol–water partition coefficient (Wildman–Crippen LogP) is 2.73. The maximum Gasteiger partial charge on any atom is 0.289 e. The Morgan fingerprint density at radius 3 is 2.17 bits per heavy atom. The molecule has 0 spiro atoms. The minimum Gasteiger partial charge on any atom is -0.305 e. The van der Waals surface area contributed by atoms with Crippen LogP contribution in [0, 0.1) is 6.08 Å². The highest BCUT2D eigenvalue weighted by Crippen LogP contribution is 2.16. The van der Waals surface area contributed by atoms with Crippen molar-refractivity contribution in [3.63, 3.8) is 0 Å². The molecule has 1 aromatic rings. The second kappa shape index (κ2) is 3.25. The summed E-state index contributed by atoms with van der Waals surface area (Å²) in [7, 11) is 0. The van der Waals surface area contributed by atoms with Gasteiger partial charge in [0.25, 0.3) is 6.08 Å². The summed E-state index contributed by atoms with van der Waals surface area (Å²) in [5.74, 6) is 0.291. The van der Waals surface area contributed by atoms with Gasteiger partial charge in [0.05, 0.1) is 5.69 Å². The topological polar surface area (TPSA) is 17.8 Å². The van der Waals surface area contributed by atoms with E-state index in [4.69, 9.17) is 0 Å². The first-order valence-electron chi connectivity index (χ1n) is 4.26. The van der Waals surface area contributed by atoms with Crippen LogP contribution in [0.4, 0.5) is 4.39 Å². The Morgan fingerprint density at radius 2 is 1.92 bits per heavy atom. The molecule has 0 aliphatic carbocycles. The van der Waals surface area contributed by atoms with Gasteiger partial charge in [0.15, 0.2) is 0 Å². The second-order valence-corrected chi connectivity index (χ2v) is 3.59. The summed E-state index contributed by atoms with van der Waals surface area (Å²) in [6.45, 7) is 7.89. The van der Waals surface area contributed by atoms with Crippen molar-refractivity contribution in [2.45, 2.75) is 39.7 Å². The zero-order valence-corrected chi connectivity index (χ0v) is 8.00. The molecule has 0 bridgehead atoms. The molecule has 68 valence electrons. The highest BCUT2D eigenvalue weighted by molar-refractivity contribution is 5.03. The number of aromatic nitrogens is 2. The van der Waals surface area contributed by atoms with Crippen molar-refractivity contribution >= 4 is 0 Å². The fourth-order valence-corrected chi connectivity index (χ4v) is 1.03. The summed E-state index contributed by atoms with van der Waals surface area (Å²) in [6.07, 6.45) is 1.40. The molecule has 0 atom stereocenters. The summed E-state index contributed by atoms with van der Waals surface area (Å²) < 4.78 is 14.6. The van der Waals surface area contributed by atoms with Gasteiger partial charge in [0.1, 0.15) is 0 Å². The standard InChI is InChI=1S/C9H15FN2/c1-6(2)8-5-12(7(3)4)9(10)11-8/h5-7H,1-4H3. The smallest absolute Gasteiger partial charge is 0.289 e. The number of halogens is 1. The van der Waals surface area contributed by atoms with Crippen LogP contribution in [0.5, 0.6) is 0 Å². The molecule has 3 heteroatoms. The first-order valence-corrected chi connectivity index (χ1v) is 4.26. The number of imidazole rings is 1. The Balaban J connectivity index is 3.00. The van der Waals surface area contributed by atoms with Gasteiger partial charge in [-0.15, -0.1) is 0 Å². The number of hydrogen-bond donors (Lipinski definition) is 0. The van der Waals surface area contributed by atoms with E-state index in [2.05, 4.69) is 4.98 Å². The molecule has 0 fully saturated rings. The van der Waals surface area contributed by atoms with Gasteiger partial charge in [0, 0.05) is 12.2 Å². The van der Waals surface area contributed by atoms with Crippen molar-refractivity contribution in [3.05, 3.63) is 18.0 Å². The second-order valence-electron chi connectivity index (χ2n) is 3.59. The van der Waals surface area contributed by atoms with Crippen LogP contribution in [0.2, 0.25) is 0 Å². The maximum absolute atomic E-state index is 13.1. The Morgan fingerprint density at radius 1 is 1.33 bits per heavy atom. The van der Waals surface area contributed by atoms with Crippen LogP contribution in [-0.2, 0) is 0 Å². The quantitative estimate of drug-likeness (QED) is 0.667. The summed E-state index contributed by atoms with van der Waals surface area (Å²) >= 11 is 0. The Bertz CT molecular complexity index is 263. The highest BCUT2D eigenvalue weighted by Gasteiger charge is 2.11. The van der Waals surface area contributed by atoms with Gasteiger partial charge in [-0.2, -0.15) is 4.39 Å². The first-order chi connectivity index (χ1) is 5.52. The molecule has 0 N–H and O–H groups in total. The number of hydrogen-bond acceptors (Lipinski definition) is 1. The van der Waals surface area contributed by atoms with E-state index < -0.39 is 0 Å². The largest absolute Gasteiger partial charge is 0.305 e. The van der Waals surface area contributed by atoms with Crippen molar-refractivity contribution in [2.75, 3.05) is 0 Å². The fraction of sp³-hybridized carbons (Fsp3) is 0.667. The van der Waals surface area contributed by atoms with Gasteiger partial charge in [-0.1, -0.05) is 13.8 Å². The molecule has 1 aromatic heterocycles. The van der Waals surface area contributed by atoms with Crippen molar-refractivity contribution in [1.29, 1.82) is 0 Å². The summed E-state index contributed by atoms with van der Waals surface area (Å²) in [5.41, 5.74) is 0.821. The van der Waals surface area contributed by atoms with Gasteiger partial charge >= 0.3 is 0 Å². The minimum atomic E-state index is -0.381. The van der Waals surface area contributed by atoms with Crippen LogP contribution in [-0.4, -0.2) is 9.55 Å². The van der Waals surface area contributed by atoms with Gasteiger partial charge in [-0.3, -0.25) is 0 Å². The fourth-order valence-electron chi connectivity index (χ4n) is 1.03. The van der Waals surface area contributed by atoms with E-state index in [1.165, 1.54) is 0 Å². The van der Waals surface area contributed by atoms with Crippen LogP contribution in [0.3, 0.4) is 0 Å². The van der Waals surface area contributed by atoms with E-state index >= 15 is 0 Å². The third kappa shape index (κ3) is 1.65. The van der Waals surface area contributed by atoms with Gasteiger partial charge in [0.2, 0.25) is 0 Å². The van der Waals surface area contributed by atoms with Gasteiger partial charge in [-0.05, 0) is 19.8 Å². The molecule has 1 heterocycles. The summed E-state index contributed by atoms with van der Waals surface area (Å²) in [6, 6.07) is 0.144. The minimum absolute atomic E-state index is 0.144. The van der Waals surface area contributed by atoms with Crippen LogP contribution in [0.1, 0.15) is 45.3 Å². The lowest BCUT2D eigenvalue weighted by atomic mass is 10.2. The highest BCUT2D eigenvalue weighted by atomic mass is 19.1. The molecular weight excluding hydrogens is 155 g/mol.